The Morgan fingerprint density at radius 1 is 1.35 bits per heavy atom. The zero-order chi connectivity index (χ0) is 16.2. The number of amides is 1. The van der Waals surface area contributed by atoms with Crippen molar-refractivity contribution in [1.29, 1.82) is 0 Å². The first kappa shape index (κ1) is 15.0. The second kappa shape index (κ2) is 6.44. The number of thioether (sulfide) groups is 1. The highest BCUT2D eigenvalue weighted by Crippen LogP contribution is 2.23. The molecule has 11 heteroatoms. The quantitative estimate of drug-likeness (QED) is 0.448. The molecule has 0 saturated carbocycles. The number of nitrogen functional groups attached to an aromatic ring is 1. The molecular formula is C12H12N8O2S. The number of imidazole rings is 1. The maximum Gasteiger partial charge on any atom is 0.235 e. The summed E-state index contributed by atoms with van der Waals surface area (Å²) in [6.07, 6.45) is 4.33. The highest BCUT2D eigenvalue weighted by molar-refractivity contribution is 8.00. The Morgan fingerprint density at radius 3 is 2.96 bits per heavy atom. The number of methoxy groups -OCH3 is 1. The lowest BCUT2D eigenvalue weighted by Gasteiger charge is -2.05. The van der Waals surface area contributed by atoms with Crippen LogP contribution in [0.2, 0.25) is 0 Å². The van der Waals surface area contributed by atoms with Gasteiger partial charge >= 0.3 is 0 Å². The number of rotatable bonds is 5. The first-order valence-electron chi connectivity index (χ1n) is 6.41. The molecule has 4 N–H and O–H groups in total. The van der Waals surface area contributed by atoms with Crippen molar-refractivity contribution in [1.82, 2.24) is 29.9 Å². The molecule has 0 aliphatic rings. The summed E-state index contributed by atoms with van der Waals surface area (Å²) in [5.41, 5.74) is 6.72. The zero-order valence-corrected chi connectivity index (χ0v) is 12.8. The Morgan fingerprint density at radius 2 is 2.22 bits per heavy atom. The van der Waals surface area contributed by atoms with Crippen molar-refractivity contribution in [3.63, 3.8) is 0 Å². The molecule has 10 nitrogen and oxygen atoms in total. The third-order valence-corrected chi connectivity index (χ3v) is 3.69. The second-order valence-corrected chi connectivity index (χ2v) is 5.23. The van der Waals surface area contributed by atoms with Gasteiger partial charge in [0.05, 0.1) is 31.6 Å². The monoisotopic (exact) mass is 332 g/mol. The van der Waals surface area contributed by atoms with E-state index in [9.17, 15) is 4.79 Å². The summed E-state index contributed by atoms with van der Waals surface area (Å²) < 4.78 is 4.90. The number of hydrogen-bond acceptors (Lipinski definition) is 9. The van der Waals surface area contributed by atoms with Crippen molar-refractivity contribution in [3.05, 3.63) is 18.7 Å². The van der Waals surface area contributed by atoms with Crippen LogP contribution in [-0.2, 0) is 4.79 Å². The Hall–Kier alpha value is -2.95. The number of fused-ring (bicyclic) bond motifs is 1. The van der Waals surface area contributed by atoms with Gasteiger partial charge in [-0.25, -0.2) is 19.9 Å². The third-order valence-electron chi connectivity index (χ3n) is 2.71. The molecule has 3 rings (SSSR count). The highest BCUT2D eigenvalue weighted by Gasteiger charge is 2.12. The van der Waals surface area contributed by atoms with Crippen molar-refractivity contribution < 1.29 is 9.53 Å². The molecule has 0 aromatic carbocycles. The Labute approximate surface area is 134 Å². The van der Waals surface area contributed by atoms with Gasteiger partial charge in [-0.05, 0) is 0 Å². The molecule has 0 atom stereocenters. The SMILES string of the molecule is COc1cnc(NC(=O)CSc2nc(N)nc3nc[nH]c23)cn1. The van der Waals surface area contributed by atoms with Crippen LogP contribution in [0.25, 0.3) is 11.2 Å². The molecular weight excluding hydrogens is 320 g/mol. The molecule has 0 radical (unpaired) electrons. The number of carbonyl (C=O) groups excluding carboxylic acids is 1. The number of nitrogens with one attached hydrogen (secondary N) is 2. The van der Waals surface area contributed by atoms with Crippen LogP contribution >= 0.6 is 11.8 Å². The summed E-state index contributed by atoms with van der Waals surface area (Å²) in [4.78, 5) is 35.0. The Kier molecular flexibility index (Phi) is 4.19. The topological polar surface area (TPSA) is 145 Å². The smallest absolute Gasteiger partial charge is 0.235 e. The van der Waals surface area contributed by atoms with Crippen molar-refractivity contribution in [2.75, 3.05) is 23.9 Å². The van der Waals surface area contributed by atoms with Gasteiger partial charge in [0.2, 0.25) is 17.7 Å². The van der Waals surface area contributed by atoms with E-state index in [-0.39, 0.29) is 17.6 Å². The number of nitrogens with two attached hydrogens (primary N) is 1. The van der Waals surface area contributed by atoms with Gasteiger partial charge in [0.1, 0.15) is 10.5 Å². The maximum absolute atomic E-state index is 12.0. The average Bonchev–Trinajstić information content (AvgIpc) is 3.01. The van der Waals surface area contributed by atoms with E-state index < -0.39 is 0 Å². The number of aromatic nitrogens is 6. The number of aromatic amines is 1. The van der Waals surface area contributed by atoms with Crippen LogP contribution in [-0.4, -0.2) is 48.7 Å². The number of hydrogen-bond donors (Lipinski definition) is 3. The first-order chi connectivity index (χ1) is 11.2. The molecule has 1 amide bonds. The summed E-state index contributed by atoms with van der Waals surface area (Å²) in [7, 11) is 1.49. The lowest BCUT2D eigenvalue weighted by atomic mass is 10.5. The summed E-state index contributed by atoms with van der Waals surface area (Å²) in [5, 5.41) is 3.19. The fourth-order valence-corrected chi connectivity index (χ4v) is 2.52. The molecule has 118 valence electrons. The van der Waals surface area contributed by atoms with Gasteiger partial charge in [-0.1, -0.05) is 11.8 Å². The fraction of sp³-hybridized carbons (Fsp3) is 0.167. The van der Waals surface area contributed by atoms with Crippen molar-refractivity contribution >= 4 is 40.6 Å². The maximum atomic E-state index is 12.0. The summed E-state index contributed by atoms with van der Waals surface area (Å²) in [6.45, 7) is 0. The molecule has 0 aliphatic carbocycles. The second-order valence-electron chi connectivity index (χ2n) is 4.27. The molecule has 0 spiro atoms. The van der Waals surface area contributed by atoms with Crippen molar-refractivity contribution in [2.45, 2.75) is 5.03 Å². The summed E-state index contributed by atoms with van der Waals surface area (Å²) >= 11 is 1.22. The van der Waals surface area contributed by atoms with Gasteiger partial charge < -0.3 is 20.8 Å². The van der Waals surface area contributed by atoms with E-state index in [2.05, 4.69) is 35.2 Å². The standard InChI is InChI=1S/C12H12N8O2S/c1-22-8-3-14-6(2-15-8)18-7(21)4-23-11-9-10(17-5-16-9)19-12(13)20-11/h2-3,5H,4H2,1H3,(H,14,18,21)(H3,13,16,17,19,20). The van der Waals surface area contributed by atoms with Crippen LogP contribution in [0.4, 0.5) is 11.8 Å². The van der Waals surface area contributed by atoms with Gasteiger partial charge in [-0.2, -0.15) is 4.98 Å². The number of ether oxygens (including phenoxy) is 1. The van der Waals surface area contributed by atoms with E-state index in [1.54, 1.807) is 0 Å². The largest absolute Gasteiger partial charge is 0.480 e. The van der Waals surface area contributed by atoms with Crippen LogP contribution in [0, 0.1) is 0 Å². The number of nitrogens with zero attached hydrogens (tertiary/aromatic N) is 5. The molecule has 3 aromatic heterocycles. The molecule has 0 fully saturated rings. The lowest BCUT2D eigenvalue weighted by molar-refractivity contribution is -0.113. The van der Waals surface area contributed by atoms with Gasteiger partial charge in [0.25, 0.3) is 0 Å². The van der Waals surface area contributed by atoms with Gasteiger partial charge in [0.15, 0.2) is 11.5 Å². The van der Waals surface area contributed by atoms with Crippen LogP contribution in [0.3, 0.4) is 0 Å². The van der Waals surface area contributed by atoms with Crippen LogP contribution < -0.4 is 15.8 Å². The van der Waals surface area contributed by atoms with E-state index >= 15 is 0 Å². The predicted molar refractivity (Wildman–Crippen MR) is 84.0 cm³/mol. The third kappa shape index (κ3) is 3.45. The number of H-pyrrole nitrogens is 1. The predicted octanol–water partition coefficient (Wildman–Crippen LogP) is 0.464. The van der Waals surface area contributed by atoms with Crippen molar-refractivity contribution in [2.24, 2.45) is 0 Å². The zero-order valence-electron chi connectivity index (χ0n) is 12.0. The minimum Gasteiger partial charge on any atom is -0.480 e. The van der Waals surface area contributed by atoms with Crippen LogP contribution in [0.15, 0.2) is 23.7 Å². The summed E-state index contributed by atoms with van der Waals surface area (Å²) in [5.74, 6) is 0.687. The molecule has 23 heavy (non-hydrogen) atoms. The first-order valence-corrected chi connectivity index (χ1v) is 7.39. The minimum absolute atomic E-state index is 0.105. The minimum atomic E-state index is -0.251. The van der Waals surface area contributed by atoms with E-state index in [1.165, 1.54) is 37.6 Å². The number of carbonyl (C=O) groups is 1. The number of anilines is 2. The van der Waals surface area contributed by atoms with Gasteiger partial charge in [-0.3, -0.25) is 4.79 Å². The van der Waals surface area contributed by atoms with E-state index in [0.29, 0.717) is 27.9 Å². The molecule has 0 unspecified atom stereocenters. The normalized spacial score (nSPS) is 10.7. The molecule has 3 aromatic rings. The highest BCUT2D eigenvalue weighted by atomic mass is 32.2. The molecule has 0 aliphatic heterocycles. The average molecular weight is 332 g/mol. The van der Waals surface area contributed by atoms with E-state index in [0.717, 1.165) is 0 Å². The Balaban J connectivity index is 1.64. The lowest BCUT2D eigenvalue weighted by Crippen LogP contribution is -2.15. The van der Waals surface area contributed by atoms with Crippen LogP contribution in [0.5, 0.6) is 5.88 Å². The Bertz CT molecular complexity index is 835. The van der Waals surface area contributed by atoms with Gasteiger partial charge in [0, 0.05) is 0 Å². The van der Waals surface area contributed by atoms with E-state index in [1.807, 2.05) is 0 Å². The molecule has 0 saturated heterocycles. The molecule has 0 bridgehead atoms. The van der Waals surface area contributed by atoms with Crippen molar-refractivity contribution in [3.8, 4) is 5.88 Å². The van der Waals surface area contributed by atoms with E-state index in [4.69, 9.17) is 10.5 Å². The fourth-order valence-electron chi connectivity index (χ4n) is 1.73. The van der Waals surface area contributed by atoms with Crippen LogP contribution in [0.1, 0.15) is 0 Å². The summed E-state index contributed by atoms with van der Waals surface area (Å²) in [6, 6.07) is 0. The van der Waals surface area contributed by atoms with Gasteiger partial charge in [-0.15, -0.1) is 0 Å². The molecule has 3 heterocycles.